The third kappa shape index (κ3) is 6.58. The Bertz CT molecular complexity index is 368. The van der Waals surface area contributed by atoms with Gasteiger partial charge in [-0.2, -0.15) is 0 Å². The predicted octanol–water partition coefficient (Wildman–Crippen LogP) is 6.06. The van der Waals surface area contributed by atoms with Crippen molar-refractivity contribution in [3.8, 4) is 0 Å². The van der Waals surface area contributed by atoms with Crippen LogP contribution in [0.3, 0.4) is 0 Å². The van der Waals surface area contributed by atoms with Gasteiger partial charge in [0.05, 0.1) is 0 Å². The van der Waals surface area contributed by atoms with Gasteiger partial charge in [0.25, 0.3) is 0 Å². The van der Waals surface area contributed by atoms with Crippen molar-refractivity contribution < 1.29 is 0 Å². The number of halogens is 2. The summed E-state index contributed by atoms with van der Waals surface area (Å²) in [5.41, 5.74) is 1.41. The molecule has 0 aliphatic heterocycles. The van der Waals surface area contributed by atoms with Gasteiger partial charge in [-0.05, 0) is 59.3 Å². The molecule has 0 saturated heterocycles. The molecule has 1 nitrogen and oxygen atoms in total. The monoisotopic (exact) mass is 437 g/mol. The Hall–Kier alpha value is 0.390. The molecule has 0 heterocycles. The van der Waals surface area contributed by atoms with Crippen LogP contribution in [-0.4, -0.2) is 6.54 Å². The highest BCUT2D eigenvalue weighted by atomic mass is 127. The van der Waals surface area contributed by atoms with Crippen molar-refractivity contribution in [2.24, 2.45) is 0 Å². The van der Waals surface area contributed by atoms with E-state index in [1.54, 1.807) is 0 Å². The maximum Gasteiger partial charge on any atom is 0.0331 e. The molecule has 0 radical (unpaired) electrons. The third-order valence-electron chi connectivity index (χ3n) is 3.38. The Kier molecular flexibility index (Phi) is 9.33. The summed E-state index contributed by atoms with van der Waals surface area (Å²) >= 11 is 6.08. The normalized spacial score (nSPS) is 12.6. The van der Waals surface area contributed by atoms with Crippen molar-refractivity contribution in [1.82, 2.24) is 5.32 Å². The molecule has 0 fully saturated rings. The van der Waals surface area contributed by atoms with E-state index >= 15 is 0 Å². The van der Waals surface area contributed by atoms with Gasteiger partial charge in [0.1, 0.15) is 0 Å². The lowest BCUT2D eigenvalue weighted by Gasteiger charge is -2.20. The fourth-order valence-corrected chi connectivity index (χ4v) is 3.39. The Labute approximate surface area is 140 Å². The summed E-state index contributed by atoms with van der Waals surface area (Å²) in [7, 11) is 0. The number of rotatable bonds is 9. The first-order valence-electron chi connectivity index (χ1n) is 7.37. The molecule has 0 aliphatic rings. The molecule has 1 aromatic carbocycles. The van der Waals surface area contributed by atoms with Crippen molar-refractivity contribution in [3.63, 3.8) is 0 Å². The molecule has 1 rings (SSSR count). The lowest BCUT2D eigenvalue weighted by molar-refractivity contribution is 0.477. The first-order valence-corrected chi connectivity index (χ1v) is 9.24. The molecule has 1 N–H and O–H groups in total. The minimum absolute atomic E-state index is 0.482. The first kappa shape index (κ1) is 17.4. The number of nitrogens with one attached hydrogen (secondary N) is 1. The van der Waals surface area contributed by atoms with E-state index in [1.807, 2.05) is 0 Å². The summed E-state index contributed by atoms with van der Waals surface area (Å²) in [5, 5.41) is 3.62. The summed E-state index contributed by atoms with van der Waals surface area (Å²) < 4.78 is 2.54. The lowest BCUT2D eigenvalue weighted by Crippen LogP contribution is -2.21. The average Bonchev–Trinajstić information content (AvgIpc) is 2.40. The fraction of sp³-hybridized carbons (Fsp3) is 0.625. The zero-order valence-electron chi connectivity index (χ0n) is 12.0. The number of hydrogen-bond acceptors (Lipinski definition) is 1. The summed E-state index contributed by atoms with van der Waals surface area (Å²) in [5.74, 6) is 0. The Morgan fingerprint density at radius 3 is 2.58 bits per heavy atom. The van der Waals surface area contributed by atoms with Crippen LogP contribution in [0.5, 0.6) is 0 Å². The zero-order valence-corrected chi connectivity index (χ0v) is 15.8. The fourth-order valence-electron chi connectivity index (χ4n) is 2.35. The second-order valence-corrected chi connectivity index (χ2v) is 7.08. The first-order chi connectivity index (χ1) is 9.19. The van der Waals surface area contributed by atoms with Gasteiger partial charge in [0, 0.05) is 14.1 Å². The van der Waals surface area contributed by atoms with E-state index in [0.717, 1.165) is 6.54 Å². The van der Waals surface area contributed by atoms with Crippen LogP contribution in [0.15, 0.2) is 22.7 Å². The largest absolute Gasteiger partial charge is 0.310 e. The van der Waals surface area contributed by atoms with Gasteiger partial charge in [-0.25, -0.2) is 0 Å². The second kappa shape index (κ2) is 10.2. The van der Waals surface area contributed by atoms with Gasteiger partial charge in [0.2, 0.25) is 0 Å². The highest BCUT2D eigenvalue weighted by Gasteiger charge is 2.13. The lowest BCUT2D eigenvalue weighted by atomic mass is 10.00. The van der Waals surface area contributed by atoms with E-state index in [2.05, 4.69) is 75.9 Å². The quantitative estimate of drug-likeness (QED) is 0.365. The number of hydrogen-bond donors (Lipinski definition) is 1. The van der Waals surface area contributed by atoms with E-state index < -0.39 is 0 Å². The summed E-state index contributed by atoms with van der Waals surface area (Å²) in [4.78, 5) is 0. The average molecular weight is 438 g/mol. The van der Waals surface area contributed by atoms with Crippen molar-refractivity contribution >= 4 is 38.5 Å². The van der Waals surface area contributed by atoms with Crippen molar-refractivity contribution in [2.45, 2.75) is 58.4 Å². The van der Waals surface area contributed by atoms with Crippen LogP contribution in [0, 0.1) is 3.57 Å². The number of benzene rings is 1. The van der Waals surface area contributed by atoms with Gasteiger partial charge in [-0.15, -0.1) is 0 Å². The van der Waals surface area contributed by atoms with E-state index in [9.17, 15) is 0 Å². The van der Waals surface area contributed by atoms with Crippen LogP contribution in [0.2, 0.25) is 0 Å². The summed E-state index contributed by atoms with van der Waals surface area (Å²) in [6.07, 6.45) is 7.98. The smallest absolute Gasteiger partial charge is 0.0331 e. The second-order valence-electron chi connectivity index (χ2n) is 4.98. The Balaban J connectivity index is 2.58. The van der Waals surface area contributed by atoms with Gasteiger partial charge < -0.3 is 5.32 Å². The minimum Gasteiger partial charge on any atom is -0.310 e. The molecule has 0 amide bonds. The van der Waals surface area contributed by atoms with Gasteiger partial charge >= 0.3 is 0 Å². The van der Waals surface area contributed by atoms with E-state index in [1.165, 1.54) is 52.1 Å². The molecule has 0 bridgehead atoms. The Morgan fingerprint density at radius 1 is 1.16 bits per heavy atom. The van der Waals surface area contributed by atoms with Crippen LogP contribution in [-0.2, 0) is 0 Å². The molecule has 0 aliphatic carbocycles. The van der Waals surface area contributed by atoms with E-state index in [-0.39, 0.29) is 0 Å². The molecule has 1 atom stereocenters. The molecular formula is C16H25BrIN. The van der Waals surface area contributed by atoms with Gasteiger partial charge in [0.15, 0.2) is 0 Å². The maximum absolute atomic E-state index is 3.69. The van der Waals surface area contributed by atoms with Crippen LogP contribution in [0.25, 0.3) is 0 Å². The van der Waals surface area contributed by atoms with Crippen molar-refractivity contribution in [2.75, 3.05) is 6.54 Å². The molecular weight excluding hydrogens is 413 g/mol. The highest BCUT2D eigenvalue weighted by Crippen LogP contribution is 2.29. The molecule has 108 valence electrons. The van der Waals surface area contributed by atoms with Gasteiger partial charge in [-0.3, -0.25) is 0 Å². The Morgan fingerprint density at radius 2 is 1.89 bits per heavy atom. The molecule has 1 unspecified atom stereocenters. The maximum atomic E-state index is 3.69. The highest BCUT2D eigenvalue weighted by molar-refractivity contribution is 14.1. The van der Waals surface area contributed by atoms with Crippen LogP contribution in [0.4, 0.5) is 0 Å². The molecule has 19 heavy (non-hydrogen) atoms. The van der Waals surface area contributed by atoms with E-state index in [0.29, 0.717) is 6.04 Å². The molecule has 1 aromatic rings. The molecule has 0 spiro atoms. The van der Waals surface area contributed by atoms with E-state index in [4.69, 9.17) is 0 Å². The van der Waals surface area contributed by atoms with Crippen molar-refractivity contribution in [1.29, 1.82) is 0 Å². The molecule has 0 aromatic heterocycles. The minimum atomic E-state index is 0.482. The van der Waals surface area contributed by atoms with Crippen LogP contribution < -0.4 is 5.32 Å². The zero-order chi connectivity index (χ0) is 14.1. The predicted molar refractivity (Wildman–Crippen MR) is 96.7 cm³/mol. The third-order valence-corrected chi connectivity index (χ3v) is 4.77. The summed E-state index contributed by atoms with van der Waals surface area (Å²) in [6, 6.07) is 7.09. The number of unbranched alkanes of at least 4 members (excludes halogenated alkanes) is 4. The van der Waals surface area contributed by atoms with Crippen LogP contribution in [0.1, 0.15) is 64.0 Å². The summed E-state index contributed by atoms with van der Waals surface area (Å²) in [6.45, 7) is 5.48. The van der Waals surface area contributed by atoms with Gasteiger partial charge in [-0.1, -0.05) is 61.9 Å². The standard InChI is InChI=1S/C16H25BrIN/c1-3-5-6-7-8-9-16(19-4-2)14-12-13(18)10-11-15(14)17/h10-12,16,19H,3-9H2,1-2H3. The molecule has 3 heteroatoms. The molecule has 0 saturated carbocycles. The topological polar surface area (TPSA) is 12.0 Å². The van der Waals surface area contributed by atoms with Crippen molar-refractivity contribution in [3.05, 3.63) is 31.8 Å². The van der Waals surface area contributed by atoms with Crippen LogP contribution >= 0.6 is 38.5 Å². The SMILES string of the molecule is CCCCCCCC(NCC)c1cc(I)ccc1Br.